The Morgan fingerprint density at radius 2 is 2.08 bits per heavy atom. The van der Waals surface area contributed by atoms with Gasteiger partial charge in [-0.05, 0) is 19.8 Å². The van der Waals surface area contributed by atoms with Crippen molar-refractivity contribution in [2.24, 2.45) is 5.92 Å². The molecule has 0 aliphatic heterocycles. The third-order valence-corrected chi connectivity index (χ3v) is 1.29. The molecular formula is C7H11ClO4. The Balaban J connectivity index is 0.000000202. The zero-order valence-electron chi connectivity index (χ0n) is 6.75. The van der Waals surface area contributed by atoms with Gasteiger partial charge >= 0.3 is 11.4 Å². The maximum absolute atomic E-state index is 9.76. The van der Waals surface area contributed by atoms with Crippen LogP contribution in [0.1, 0.15) is 19.8 Å². The SMILES string of the molecule is CCOC(=O)Cl.O=C(O)C1CC1. The van der Waals surface area contributed by atoms with E-state index in [0.29, 0.717) is 6.61 Å². The summed E-state index contributed by atoms with van der Waals surface area (Å²) in [5.74, 6) is -0.611. The number of carboxylic acid groups (broad SMARTS) is 1. The van der Waals surface area contributed by atoms with Crippen molar-refractivity contribution in [2.45, 2.75) is 19.8 Å². The van der Waals surface area contributed by atoms with Gasteiger partial charge in [0.05, 0.1) is 12.5 Å². The van der Waals surface area contributed by atoms with E-state index < -0.39 is 11.4 Å². The summed E-state index contributed by atoms with van der Waals surface area (Å²) >= 11 is 4.72. The van der Waals surface area contributed by atoms with E-state index >= 15 is 0 Å². The number of hydrogen-bond donors (Lipinski definition) is 1. The molecule has 0 atom stereocenters. The summed E-state index contributed by atoms with van der Waals surface area (Å²) in [6.45, 7) is 2.04. The van der Waals surface area contributed by atoms with E-state index in [4.69, 9.17) is 16.7 Å². The molecular weight excluding hydrogens is 184 g/mol. The lowest BCUT2D eigenvalue weighted by molar-refractivity contribution is -0.138. The summed E-state index contributed by atoms with van der Waals surface area (Å²) < 4.78 is 4.17. The summed E-state index contributed by atoms with van der Waals surface area (Å²) in [6, 6.07) is 0. The molecule has 1 saturated carbocycles. The van der Waals surface area contributed by atoms with Gasteiger partial charge in [0.15, 0.2) is 0 Å². The molecule has 0 aromatic heterocycles. The van der Waals surface area contributed by atoms with Crippen LogP contribution in [-0.4, -0.2) is 23.1 Å². The number of hydrogen-bond acceptors (Lipinski definition) is 3. The number of halogens is 1. The van der Waals surface area contributed by atoms with Gasteiger partial charge in [-0.1, -0.05) is 0 Å². The van der Waals surface area contributed by atoms with Gasteiger partial charge in [0.25, 0.3) is 0 Å². The van der Waals surface area contributed by atoms with Crippen LogP contribution in [0, 0.1) is 5.92 Å². The van der Waals surface area contributed by atoms with Crippen LogP contribution in [0.4, 0.5) is 4.79 Å². The molecule has 0 radical (unpaired) electrons. The van der Waals surface area contributed by atoms with Crippen molar-refractivity contribution in [3.8, 4) is 0 Å². The van der Waals surface area contributed by atoms with Gasteiger partial charge in [-0.15, -0.1) is 0 Å². The van der Waals surface area contributed by atoms with Gasteiger partial charge in [0, 0.05) is 11.6 Å². The van der Waals surface area contributed by atoms with Crippen molar-refractivity contribution in [1.29, 1.82) is 0 Å². The Labute approximate surface area is 75.5 Å². The van der Waals surface area contributed by atoms with E-state index in [1.165, 1.54) is 0 Å². The molecule has 0 unspecified atom stereocenters. The maximum atomic E-state index is 9.76. The Morgan fingerprint density at radius 1 is 1.58 bits per heavy atom. The van der Waals surface area contributed by atoms with Crippen LogP contribution >= 0.6 is 11.6 Å². The van der Waals surface area contributed by atoms with Gasteiger partial charge in [-0.2, -0.15) is 0 Å². The van der Waals surface area contributed by atoms with Crippen molar-refractivity contribution < 1.29 is 19.4 Å². The monoisotopic (exact) mass is 194 g/mol. The molecule has 0 spiro atoms. The third kappa shape index (κ3) is 7.34. The zero-order valence-corrected chi connectivity index (χ0v) is 7.50. The highest BCUT2D eigenvalue weighted by Crippen LogP contribution is 2.28. The molecule has 1 aliphatic rings. The van der Waals surface area contributed by atoms with Crippen molar-refractivity contribution in [3.63, 3.8) is 0 Å². The van der Waals surface area contributed by atoms with Gasteiger partial charge in [0.2, 0.25) is 0 Å². The first-order chi connectivity index (χ1) is 5.57. The molecule has 0 amide bonds. The van der Waals surface area contributed by atoms with Crippen molar-refractivity contribution in [2.75, 3.05) is 6.61 Å². The quantitative estimate of drug-likeness (QED) is 0.682. The first kappa shape index (κ1) is 11.2. The van der Waals surface area contributed by atoms with Crippen LogP contribution in [0.5, 0.6) is 0 Å². The van der Waals surface area contributed by atoms with Crippen LogP contribution in [0.2, 0.25) is 0 Å². The van der Waals surface area contributed by atoms with E-state index in [9.17, 15) is 9.59 Å². The van der Waals surface area contributed by atoms with Crippen molar-refractivity contribution in [1.82, 2.24) is 0 Å². The summed E-state index contributed by atoms with van der Waals surface area (Å²) in [7, 11) is 0. The van der Waals surface area contributed by atoms with Crippen LogP contribution in [0.25, 0.3) is 0 Å². The molecule has 0 aromatic carbocycles. The number of carboxylic acids is 1. The predicted molar refractivity (Wildman–Crippen MR) is 43.2 cm³/mol. The van der Waals surface area contributed by atoms with Crippen LogP contribution in [0.3, 0.4) is 0 Å². The molecule has 0 aromatic rings. The largest absolute Gasteiger partial charge is 0.481 e. The minimum absolute atomic E-state index is 0.0185. The summed E-state index contributed by atoms with van der Waals surface area (Å²) in [4.78, 5) is 19.3. The average molecular weight is 195 g/mol. The van der Waals surface area contributed by atoms with Crippen molar-refractivity contribution >= 4 is 23.0 Å². The van der Waals surface area contributed by atoms with E-state index in [1.807, 2.05) is 0 Å². The highest BCUT2D eigenvalue weighted by molar-refractivity contribution is 6.61. The number of aliphatic carboxylic acids is 1. The molecule has 12 heavy (non-hydrogen) atoms. The lowest BCUT2D eigenvalue weighted by atomic mass is 10.5. The highest BCUT2D eigenvalue weighted by atomic mass is 35.5. The number of carbonyl (C=O) groups is 2. The molecule has 1 fully saturated rings. The Hall–Kier alpha value is -0.770. The normalized spacial score (nSPS) is 14.2. The fourth-order valence-electron chi connectivity index (χ4n) is 0.444. The predicted octanol–water partition coefficient (Wildman–Crippen LogP) is 1.86. The van der Waals surface area contributed by atoms with Crippen LogP contribution in [0.15, 0.2) is 0 Å². The minimum Gasteiger partial charge on any atom is -0.481 e. The Kier molecular flexibility index (Phi) is 5.45. The van der Waals surface area contributed by atoms with Gasteiger partial charge < -0.3 is 9.84 Å². The summed E-state index contributed by atoms with van der Waals surface area (Å²) in [5.41, 5.74) is -0.738. The Bertz CT molecular complexity index is 165. The van der Waals surface area contributed by atoms with E-state index in [-0.39, 0.29) is 5.92 Å². The standard InChI is InChI=1S/C4H6O2.C3H5ClO2/c5-4(6)3-1-2-3;1-2-6-3(4)5/h3H,1-2H2,(H,5,6);2H2,1H3. The lowest BCUT2D eigenvalue weighted by Crippen LogP contribution is -1.94. The Morgan fingerprint density at radius 3 is 2.08 bits per heavy atom. The molecule has 0 saturated heterocycles. The molecule has 1 rings (SSSR count). The number of ether oxygens (including phenoxy) is 1. The maximum Gasteiger partial charge on any atom is 0.403 e. The summed E-state index contributed by atoms with van der Waals surface area (Å²) in [6.07, 6.45) is 1.80. The van der Waals surface area contributed by atoms with Gasteiger partial charge in [-0.25, -0.2) is 4.79 Å². The van der Waals surface area contributed by atoms with E-state index in [2.05, 4.69) is 4.74 Å². The second-order valence-electron chi connectivity index (χ2n) is 2.28. The second-order valence-corrected chi connectivity index (χ2v) is 2.59. The molecule has 70 valence electrons. The summed E-state index contributed by atoms with van der Waals surface area (Å²) in [5, 5.41) is 8.05. The van der Waals surface area contributed by atoms with Gasteiger partial charge in [-0.3, -0.25) is 4.79 Å². The second kappa shape index (κ2) is 5.83. The molecule has 4 nitrogen and oxygen atoms in total. The molecule has 1 aliphatic carbocycles. The first-order valence-corrected chi connectivity index (χ1v) is 4.00. The average Bonchev–Trinajstić information content (AvgIpc) is 2.67. The number of rotatable bonds is 2. The third-order valence-electron chi connectivity index (χ3n) is 1.18. The van der Waals surface area contributed by atoms with Gasteiger partial charge in [0.1, 0.15) is 0 Å². The fraction of sp³-hybridized carbons (Fsp3) is 0.714. The number of carbonyl (C=O) groups excluding carboxylic acids is 1. The zero-order chi connectivity index (χ0) is 9.56. The topological polar surface area (TPSA) is 63.6 Å². The lowest BCUT2D eigenvalue weighted by Gasteiger charge is -1.86. The molecule has 5 heteroatoms. The minimum atomic E-state index is -0.738. The van der Waals surface area contributed by atoms with Crippen molar-refractivity contribution in [3.05, 3.63) is 0 Å². The first-order valence-electron chi connectivity index (χ1n) is 3.63. The highest BCUT2D eigenvalue weighted by Gasteiger charge is 2.28. The van der Waals surface area contributed by atoms with Crippen LogP contribution < -0.4 is 0 Å². The molecule has 0 heterocycles. The van der Waals surface area contributed by atoms with E-state index in [0.717, 1.165) is 12.8 Å². The van der Waals surface area contributed by atoms with E-state index in [1.54, 1.807) is 6.92 Å². The molecule has 1 N–H and O–H groups in total. The van der Waals surface area contributed by atoms with Crippen LogP contribution in [-0.2, 0) is 9.53 Å². The molecule has 0 bridgehead atoms. The fourth-order valence-corrected chi connectivity index (χ4v) is 0.553. The smallest absolute Gasteiger partial charge is 0.403 e.